The van der Waals surface area contributed by atoms with Crippen LogP contribution in [-0.2, 0) is 6.54 Å². The minimum atomic E-state index is -0.514. The van der Waals surface area contributed by atoms with Gasteiger partial charge in [-0.1, -0.05) is 37.3 Å². The van der Waals surface area contributed by atoms with Crippen molar-refractivity contribution < 1.29 is 4.74 Å². The van der Waals surface area contributed by atoms with Crippen LogP contribution in [0.5, 0.6) is 5.75 Å². The van der Waals surface area contributed by atoms with Crippen LogP contribution in [0.25, 0.3) is 11.3 Å². The third-order valence-electron chi connectivity index (χ3n) is 5.60. The Morgan fingerprint density at radius 3 is 2.76 bits per heavy atom. The minimum absolute atomic E-state index is 0.0325. The predicted octanol–water partition coefficient (Wildman–Crippen LogP) is 4.14. The summed E-state index contributed by atoms with van der Waals surface area (Å²) in [6, 6.07) is 17.1. The number of nitriles is 1. The summed E-state index contributed by atoms with van der Waals surface area (Å²) in [5, 5.41) is 13.7. The van der Waals surface area contributed by atoms with Crippen molar-refractivity contribution >= 4 is 12.2 Å². The van der Waals surface area contributed by atoms with E-state index in [9.17, 15) is 10.1 Å². The molecule has 2 aromatic carbocycles. The molecule has 0 amide bonds. The number of ether oxygens (including phenoxy) is 1. The topological polar surface area (TPSA) is 106 Å². The fourth-order valence-electron chi connectivity index (χ4n) is 3.94. The maximum absolute atomic E-state index is 12.4. The lowest BCUT2D eigenvalue weighted by atomic mass is 10.1. The van der Waals surface area contributed by atoms with E-state index >= 15 is 0 Å². The van der Waals surface area contributed by atoms with Gasteiger partial charge in [0.25, 0.3) is 5.56 Å². The molecule has 34 heavy (non-hydrogen) atoms. The Morgan fingerprint density at radius 1 is 1.24 bits per heavy atom. The Hall–Kier alpha value is -3.96. The van der Waals surface area contributed by atoms with Crippen LogP contribution in [0.3, 0.4) is 0 Å². The smallest absolute Gasteiger partial charge is 0.270 e. The van der Waals surface area contributed by atoms with Crippen LogP contribution in [0.1, 0.15) is 42.9 Å². The average molecular weight is 457 g/mol. The van der Waals surface area contributed by atoms with Crippen molar-refractivity contribution in [1.82, 2.24) is 14.9 Å². The zero-order valence-corrected chi connectivity index (χ0v) is 19.3. The first-order valence-electron chi connectivity index (χ1n) is 11.5. The summed E-state index contributed by atoms with van der Waals surface area (Å²) in [4.78, 5) is 21.8. The van der Waals surface area contributed by atoms with Gasteiger partial charge >= 0.3 is 0 Å². The zero-order chi connectivity index (χ0) is 23.8. The molecule has 8 nitrogen and oxygen atoms in total. The Labute approximate surface area is 198 Å². The lowest BCUT2D eigenvalue weighted by Gasteiger charge is -2.18. The SMILES string of the molecule is CCCOc1ccc(C=NNc2nc(-c3ccccc3)c(C#N)c(=O)[nH]2)cc1CN1CCCC1. The maximum atomic E-state index is 12.4. The summed E-state index contributed by atoms with van der Waals surface area (Å²) in [6.07, 6.45) is 5.10. The van der Waals surface area contributed by atoms with E-state index in [-0.39, 0.29) is 11.5 Å². The standard InChI is InChI=1S/C26H28N6O2/c1-2-14-34-23-11-10-19(15-21(23)18-32-12-6-7-13-32)17-28-31-26-29-24(20-8-4-3-5-9-20)22(16-27)25(33)30-26/h3-5,8-11,15,17H,2,6-7,12-14,18H2,1H3,(H2,29,30,31,33). The molecule has 8 heteroatoms. The van der Waals surface area contributed by atoms with Gasteiger partial charge in [0, 0.05) is 17.7 Å². The second-order valence-electron chi connectivity index (χ2n) is 8.18. The number of nitrogens with zero attached hydrogens (tertiary/aromatic N) is 4. The molecule has 2 heterocycles. The highest BCUT2D eigenvalue weighted by atomic mass is 16.5. The van der Waals surface area contributed by atoms with Crippen LogP contribution < -0.4 is 15.7 Å². The van der Waals surface area contributed by atoms with E-state index < -0.39 is 5.56 Å². The van der Waals surface area contributed by atoms with Crippen LogP contribution in [0, 0.1) is 11.3 Å². The molecule has 1 fully saturated rings. The third-order valence-corrected chi connectivity index (χ3v) is 5.60. The zero-order valence-electron chi connectivity index (χ0n) is 19.3. The molecule has 1 saturated heterocycles. The quantitative estimate of drug-likeness (QED) is 0.370. The number of anilines is 1. The van der Waals surface area contributed by atoms with E-state index in [2.05, 4.69) is 38.4 Å². The highest BCUT2D eigenvalue weighted by Gasteiger charge is 2.15. The molecule has 1 aliphatic rings. The number of aromatic amines is 1. The molecular formula is C26H28N6O2. The number of hydrazone groups is 1. The Bertz CT molecular complexity index is 1240. The molecule has 0 saturated carbocycles. The van der Waals surface area contributed by atoms with Crippen molar-refractivity contribution in [3.05, 3.63) is 75.6 Å². The summed E-state index contributed by atoms with van der Waals surface area (Å²) in [7, 11) is 0. The molecule has 1 aliphatic heterocycles. The number of nitrogens with one attached hydrogen (secondary N) is 2. The van der Waals surface area contributed by atoms with Crippen LogP contribution in [0.15, 0.2) is 58.4 Å². The lowest BCUT2D eigenvalue weighted by molar-refractivity contribution is 0.293. The highest BCUT2D eigenvalue weighted by Crippen LogP contribution is 2.24. The van der Waals surface area contributed by atoms with Gasteiger partial charge in [-0.3, -0.25) is 14.7 Å². The molecule has 0 atom stereocenters. The molecule has 174 valence electrons. The van der Waals surface area contributed by atoms with E-state index in [1.807, 2.05) is 36.4 Å². The number of benzene rings is 2. The van der Waals surface area contributed by atoms with Gasteiger partial charge in [-0.2, -0.15) is 10.4 Å². The Morgan fingerprint density at radius 2 is 2.03 bits per heavy atom. The number of hydrogen-bond donors (Lipinski definition) is 2. The van der Waals surface area contributed by atoms with Gasteiger partial charge in [0.1, 0.15) is 17.4 Å². The molecule has 2 N–H and O–H groups in total. The Kier molecular flexibility index (Phi) is 7.68. The molecule has 4 rings (SSSR count). The predicted molar refractivity (Wildman–Crippen MR) is 133 cm³/mol. The first-order chi connectivity index (χ1) is 16.7. The molecule has 0 radical (unpaired) electrons. The molecule has 1 aromatic heterocycles. The summed E-state index contributed by atoms with van der Waals surface area (Å²) in [5.74, 6) is 1.07. The van der Waals surface area contributed by atoms with Crippen LogP contribution in [0.2, 0.25) is 0 Å². The summed E-state index contributed by atoms with van der Waals surface area (Å²) in [6.45, 7) is 5.84. The van der Waals surface area contributed by atoms with Crippen molar-refractivity contribution in [3.63, 3.8) is 0 Å². The van der Waals surface area contributed by atoms with Crippen LogP contribution >= 0.6 is 0 Å². The first kappa shape index (κ1) is 23.2. The number of aromatic nitrogens is 2. The fraction of sp³-hybridized carbons (Fsp3) is 0.308. The van der Waals surface area contributed by atoms with Crippen molar-refractivity contribution in [2.75, 3.05) is 25.1 Å². The lowest BCUT2D eigenvalue weighted by Crippen LogP contribution is -2.19. The van der Waals surface area contributed by atoms with Gasteiger partial charge in [0.05, 0.1) is 18.5 Å². The fourth-order valence-corrected chi connectivity index (χ4v) is 3.94. The third kappa shape index (κ3) is 5.69. The minimum Gasteiger partial charge on any atom is -0.493 e. The van der Waals surface area contributed by atoms with Crippen molar-refractivity contribution in [1.29, 1.82) is 5.26 Å². The molecular weight excluding hydrogens is 428 g/mol. The van der Waals surface area contributed by atoms with Gasteiger partial charge in [0.15, 0.2) is 0 Å². The number of rotatable bonds is 9. The van der Waals surface area contributed by atoms with E-state index in [0.717, 1.165) is 42.9 Å². The van der Waals surface area contributed by atoms with Gasteiger partial charge in [-0.05, 0) is 56.1 Å². The normalized spacial score (nSPS) is 13.8. The Balaban J connectivity index is 1.54. The summed E-state index contributed by atoms with van der Waals surface area (Å²) < 4.78 is 5.95. The molecule has 0 unspecified atom stereocenters. The maximum Gasteiger partial charge on any atom is 0.270 e. The van der Waals surface area contributed by atoms with Gasteiger partial charge in [0.2, 0.25) is 5.95 Å². The van der Waals surface area contributed by atoms with E-state index in [1.54, 1.807) is 18.3 Å². The van der Waals surface area contributed by atoms with Gasteiger partial charge < -0.3 is 4.74 Å². The summed E-state index contributed by atoms with van der Waals surface area (Å²) >= 11 is 0. The van der Waals surface area contributed by atoms with Crippen LogP contribution in [0.4, 0.5) is 5.95 Å². The van der Waals surface area contributed by atoms with Crippen molar-refractivity contribution in [2.45, 2.75) is 32.7 Å². The second-order valence-corrected chi connectivity index (χ2v) is 8.18. The molecule has 0 aliphatic carbocycles. The average Bonchev–Trinajstić information content (AvgIpc) is 3.37. The number of H-pyrrole nitrogens is 1. The number of hydrogen-bond acceptors (Lipinski definition) is 7. The van der Waals surface area contributed by atoms with E-state index in [1.165, 1.54) is 12.8 Å². The first-order valence-corrected chi connectivity index (χ1v) is 11.5. The summed E-state index contributed by atoms with van der Waals surface area (Å²) in [5.41, 5.74) is 5.28. The van der Waals surface area contributed by atoms with Crippen molar-refractivity contribution in [2.24, 2.45) is 5.10 Å². The van der Waals surface area contributed by atoms with E-state index in [4.69, 9.17) is 4.74 Å². The molecule has 3 aromatic rings. The second kappa shape index (κ2) is 11.3. The highest BCUT2D eigenvalue weighted by molar-refractivity contribution is 5.81. The van der Waals surface area contributed by atoms with Gasteiger partial charge in [-0.15, -0.1) is 0 Å². The van der Waals surface area contributed by atoms with Gasteiger partial charge in [-0.25, -0.2) is 10.4 Å². The molecule has 0 bridgehead atoms. The largest absolute Gasteiger partial charge is 0.493 e. The monoisotopic (exact) mass is 456 g/mol. The van der Waals surface area contributed by atoms with E-state index in [0.29, 0.717) is 17.9 Å². The number of likely N-dealkylation sites (tertiary alicyclic amines) is 1. The van der Waals surface area contributed by atoms with Crippen LogP contribution in [-0.4, -0.2) is 40.8 Å². The molecule has 0 spiro atoms. The van der Waals surface area contributed by atoms with Crippen molar-refractivity contribution in [3.8, 4) is 23.1 Å².